The topological polar surface area (TPSA) is 75.6 Å². The summed E-state index contributed by atoms with van der Waals surface area (Å²) in [6.45, 7) is 3.38. The molecule has 3 aromatic carbocycles. The highest BCUT2D eigenvalue weighted by Gasteiger charge is 2.15. The van der Waals surface area contributed by atoms with Gasteiger partial charge >= 0.3 is 0 Å². The van der Waals surface area contributed by atoms with Crippen molar-refractivity contribution < 1.29 is 14.3 Å². The monoisotopic (exact) mass is 468 g/mol. The number of hydrogen-bond donors (Lipinski definition) is 2. The Morgan fingerprint density at radius 2 is 1.34 bits per heavy atom. The summed E-state index contributed by atoms with van der Waals surface area (Å²) in [7, 11) is 0. The molecule has 1 fully saturated rings. The number of amides is 2. The van der Waals surface area contributed by atoms with Crippen molar-refractivity contribution in [3.05, 3.63) is 84.9 Å². The van der Waals surface area contributed by atoms with Crippen LogP contribution in [0.5, 0.6) is 0 Å². The zero-order chi connectivity index (χ0) is 24.0. The highest BCUT2D eigenvalue weighted by atomic mass is 16.5. The molecule has 178 valence electrons. The summed E-state index contributed by atoms with van der Waals surface area (Å²) < 4.78 is 7.36. The van der Waals surface area contributed by atoms with E-state index in [1.807, 2.05) is 41.0 Å². The smallest absolute Gasteiger partial charge is 0.244 e. The number of aromatic nitrogens is 1. The van der Waals surface area contributed by atoms with Crippen LogP contribution in [-0.2, 0) is 20.9 Å². The van der Waals surface area contributed by atoms with Crippen molar-refractivity contribution >= 4 is 34.1 Å². The van der Waals surface area contributed by atoms with Gasteiger partial charge in [-0.2, -0.15) is 0 Å². The molecular formula is C28H28N4O3. The second kappa shape index (κ2) is 10.5. The molecule has 0 aliphatic carbocycles. The standard InChI is InChI=1S/C28H28N4O3/c33-27(19-31-14-16-35-17-15-31)29-23-10-12-24(13-11-23)30-28(34)20-32-25-9-5-4-8-22(25)18-26(32)21-6-2-1-3-7-21/h1-13,18H,14-17,19-20H2,(H,29,33)(H,30,34). The predicted octanol–water partition coefficient (Wildman–Crippen LogP) is 4.22. The van der Waals surface area contributed by atoms with Crippen LogP contribution in [0.2, 0.25) is 0 Å². The van der Waals surface area contributed by atoms with E-state index in [1.54, 1.807) is 24.3 Å². The van der Waals surface area contributed by atoms with Crippen molar-refractivity contribution in [2.75, 3.05) is 43.5 Å². The fourth-order valence-corrected chi connectivity index (χ4v) is 4.37. The molecule has 2 heterocycles. The molecule has 2 amide bonds. The summed E-state index contributed by atoms with van der Waals surface area (Å²) in [4.78, 5) is 27.4. The zero-order valence-electron chi connectivity index (χ0n) is 19.4. The minimum absolute atomic E-state index is 0.0587. The van der Waals surface area contributed by atoms with Crippen LogP contribution in [0.4, 0.5) is 11.4 Å². The van der Waals surface area contributed by atoms with Crippen LogP contribution in [0, 0.1) is 0 Å². The van der Waals surface area contributed by atoms with Crippen molar-refractivity contribution in [1.29, 1.82) is 0 Å². The largest absolute Gasteiger partial charge is 0.379 e. The Morgan fingerprint density at radius 1 is 0.743 bits per heavy atom. The fraction of sp³-hybridized carbons (Fsp3) is 0.214. The number of morpholine rings is 1. The van der Waals surface area contributed by atoms with Crippen molar-refractivity contribution in [3.8, 4) is 11.3 Å². The van der Waals surface area contributed by atoms with Crippen molar-refractivity contribution in [2.45, 2.75) is 6.54 Å². The van der Waals surface area contributed by atoms with Crippen LogP contribution in [0.3, 0.4) is 0 Å². The third-order valence-corrected chi connectivity index (χ3v) is 6.11. The van der Waals surface area contributed by atoms with Gasteiger partial charge in [0, 0.05) is 41.1 Å². The normalized spacial score (nSPS) is 14.1. The molecule has 0 unspecified atom stereocenters. The molecular weight excluding hydrogens is 440 g/mol. The third-order valence-electron chi connectivity index (χ3n) is 6.11. The number of ether oxygens (including phenoxy) is 1. The van der Waals surface area contributed by atoms with E-state index < -0.39 is 0 Å². The second-order valence-electron chi connectivity index (χ2n) is 8.60. The molecule has 0 atom stereocenters. The number of carbonyl (C=O) groups is 2. The number of carbonyl (C=O) groups excluding carboxylic acids is 2. The van der Waals surface area contributed by atoms with Crippen molar-refractivity contribution in [2.24, 2.45) is 0 Å². The van der Waals surface area contributed by atoms with Gasteiger partial charge in [0.1, 0.15) is 6.54 Å². The van der Waals surface area contributed by atoms with E-state index in [0.717, 1.165) is 35.2 Å². The third kappa shape index (κ3) is 5.59. The minimum atomic E-state index is -0.118. The fourth-order valence-electron chi connectivity index (χ4n) is 4.37. The first kappa shape index (κ1) is 22.8. The highest BCUT2D eigenvalue weighted by Crippen LogP contribution is 2.28. The van der Waals surface area contributed by atoms with Gasteiger partial charge in [-0.1, -0.05) is 48.5 Å². The molecule has 35 heavy (non-hydrogen) atoms. The lowest BCUT2D eigenvalue weighted by Crippen LogP contribution is -2.41. The van der Waals surface area contributed by atoms with Crippen LogP contribution in [-0.4, -0.2) is 54.1 Å². The van der Waals surface area contributed by atoms with E-state index >= 15 is 0 Å². The molecule has 4 aromatic rings. The Labute approximate surface area is 204 Å². The Morgan fingerprint density at radius 3 is 2.03 bits per heavy atom. The average molecular weight is 469 g/mol. The summed E-state index contributed by atoms with van der Waals surface area (Å²) in [5.74, 6) is -0.177. The molecule has 1 aliphatic rings. The lowest BCUT2D eigenvalue weighted by atomic mass is 10.1. The number of rotatable bonds is 7. The van der Waals surface area contributed by atoms with E-state index in [2.05, 4.69) is 39.8 Å². The number of nitrogens with one attached hydrogen (secondary N) is 2. The molecule has 1 saturated heterocycles. The second-order valence-corrected chi connectivity index (χ2v) is 8.60. The molecule has 5 rings (SSSR count). The van der Waals surface area contributed by atoms with Crippen LogP contribution < -0.4 is 10.6 Å². The molecule has 1 aliphatic heterocycles. The first-order valence-electron chi connectivity index (χ1n) is 11.8. The quantitative estimate of drug-likeness (QED) is 0.426. The molecule has 0 saturated carbocycles. The number of hydrogen-bond acceptors (Lipinski definition) is 4. The number of fused-ring (bicyclic) bond motifs is 1. The van der Waals surface area contributed by atoms with Gasteiger partial charge in [-0.15, -0.1) is 0 Å². The van der Waals surface area contributed by atoms with E-state index in [-0.39, 0.29) is 18.4 Å². The predicted molar refractivity (Wildman–Crippen MR) is 138 cm³/mol. The summed E-state index contributed by atoms with van der Waals surface area (Å²) in [6, 6.07) is 27.5. The summed E-state index contributed by atoms with van der Waals surface area (Å²) in [5, 5.41) is 6.98. The van der Waals surface area contributed by atoms with Gasteiger partial charge in [0.05, 0.1) is 19.8 Å². The number of nitrogens with zero attached hydrogens (tertiary/aromatic N) is 2. The van der Waals surface area contributed by atoms with Gasteiger partial charge in [-0.05, 0) is 42.0 Å². The van der Waals surface area contributed by atoms with Crippen LogP contribution in [0.1, 0.15) is 0 Å². The van der Waals surface area contributed by atoms with Gasteiger partial charge in [0.25, 0.3) is 0 Å². The van der Waals surface area contributed by atoms with Gasteiger partial charge < -0.3 is 19.9 Å². The van der Waals surface area contributed by atoms with Gasteiger partial charge in [-0.25, -0.2) is 0 Å². The van der Waals surface area contributed by atoms with E-state index in [4.69, 9.17) is 4.74 Å². The summed E-state index contributed by atoms with van der Waals surface area (Å²) >= 11 is 0. The number of benzene rings is 3. The molecule has 7 nitrogen and oxygen atoms in total. The van der Waals surface area contributed by atoms with Crippen molar-refractivity contribution in [1.82, 2.24) is 9.47 Å². The summed E-state index contributed by atoms with van der Waals surface area (Å²) in [5.41, 5.74) is 4.46. The van der Waals surface area contributed by atoms with Gasteiger partial charge in [-0.3, -0.25) is 14.5 Å². The number of para-hydroxylation sites is 1. The average Bonchev–Trinajstić information content (AvgIpc) is 3.24. The lowest BCUT2D eigenvalue weighted by Gasteiger charge is -2.25. The van der Waals surface area contributed by atoms with Crippen LogP contribution in [0.25, 0.3) is 22.2 Å². The molecule has 0 spiro atoms. The lowest BCUT2D eigenvalue weighted by molar-refractivity contribution is -0.118. The first-order chi connectivity index (χ1) is 17.2. The summed E-state index contributed by atoms with van der Waals surface area (Å²) in [6.07, 6.45) is 0. The Hall–Kier alpha value is -3.94. The maximum Gasteiger partial charge on any atom is 0.244 e. The molecule has 1 aromatic heterocycles. The zero-order valence-corrected chi connectivity index (χ0v) is 19.4. The van der Waals surface area contributed by atoms with E-state index in [9.17, 15) is 9.59 Å². The Kier molecular flexibility index (Phi) is 6.88. The first-order valence-corrected chi connectivity index (χ1v) is 11.8. The Bertz CT molecular complexity index is 1310. The van der Waals surface area contributed by atoms with E-state index in [0.29, 0.717) is 31.1 Å². The van der Waals surface area contributed by atoms with Crippen molar-refractivity contribution in [3.63, 3.8) is 0 Å². The highest BCUT2D eigenvalue weighted by molar-refractivity contribution is 5.95. The SMILES string of the molecule is O=C(CN1CCOCC1)Nc1ccc(NC(=O)Cn2c(-c3ccccc3)cc3ccccc32)cc1. The van der Waals surface area contributed by atoms with Gasteiger partial charge in [0.2, 0.25) is 11.8 Å². The van der Waals surface area contributed by atoms with Crippen LogP contribution in [0.15, 0.2) is 84.9 Å². The maximum absolute atomic E-state index is 13.0. The van der Waals surface area contributed by atoms with E-state index in [1.165, 1.54) is 0 Å². The van der Waals surface area contributed by atoms with Gasteiger partial charge in [0.15, 0.2) is 0 Å². The molecule has 0 radical (unpaired) electrons. The maximum atomic E-state index is 13.0. The molecule has 2 N–H and O–H groups in total. The Balaban J connectivity index is 1.24. The number of anilines is 2. The molecule has 0 bridgehead atoms. The molecule has 7 heteroatoms. The minimum Gasteiger partial charge on any atom is -0.379 e. The van der Waals surface area contributed by atoms with Crippen LogP contribution >= 0.6 is 0 Å².